The summed E-state index contributed by atoms with van der Waals surface area (Å²) in [5, 5.41) is 11.2. The van der Waals surface area contributed by atoms with Gasteiger partial charge in [0.15, 0.2) is 0 Å². The summed E-state index contributed by atoms with van der Waals surface area (Å²) in [5.74, 6) is 0.0507. The molecule has 0 saturated heterocycles. The molecule has 4 rings (SSSR count). The van der Waals surface area contributed by atoms with Gasteiger partial charge in [0.25, 0.3) is 5.69 Å². The predicted molar refractivity (Wildman–Crippen MR) is 104 cm³/mol. The van der Waals surface area contributed by atoms with Gasteiger partial charge in [-0.15, -0.1) is 0 Å². The summed E-state index contributed by atoms with van der Waals surface area (Å²) >= 11 is 0. The molecule has 1 aliphatic rings. The minimum Gasteiger partial charge on any atom is -0.487 e. The van der Waals surface area contributed by atoms with Gasteiger partial charge in [0.05, 0.1) is 10.6 Å². The lowest BCUT2D eigenvalue weighted by atomic mass is 9.87. The molecule has 1 aromatic heterocycles. The van der Waals surface area contributed by atoms with Gasteiger partial charge in [-0.25, -0.2) is 4.39 Å². The number of benzene rings is 2. The van der Waals surface area contributed by atoms with E-state index in [1.165, 1.54) is 18.2 Å². The van der Waals surface area contributed by atoms with Crippen molar-refractivity contribution in [3.8, 4) is 5.75 Å². The molecule has 0 saturated carbocycles. The van der Waals surface area contributed by atoms with Crippen LogP contribution in [0.25, 0.3) is 11.1 Å². The maximum absolute atomic E-state index is 13.8. The maximum Gasteiger partial charge on any atom is 0.270 e. The largest absolute Gasteiger partial charge is 0.487 e. The molecule has 28 heavy (non-hydrogen) atoms. The SMILES string of the molecule is CC/C(=C1\c2ccc(F)cc2OCc2ncccc21)c1cccc([N+](=O)[O-])c1. The zero-order chi connectivity index (χ0) is 19.7. The number of ether oxygens (including phenoxy) is 1. The molecule has 2 aromatic carbocycles. The van der Waals surface area contributed by atoms with Gasteiger partial charge in [0.2, 0.25) is 0 Å². The zero-order valence-electron chi connectivity index (χ0n) is 15.2. The van der Waals surface area contributed by atoms with Crippen LogP contribution in [0.2, 0.25) is 0 Å². The molecule has 1 aliphatic heterocycles. The second-order valence-electron chi connectivity index (χ2n) is 6.44. The van der Waals surface area contributed by atoms with Gasteiger partial charge in [-0.3, -0.25) is 15.1 Å². The average Bonchev–Trinajstić information content (AvgIpc) is 2.86. The molecular weight excluding hydrogens is 359 g/mol. The van der Waals surface area contributed by atoms with Crippen molar-refractivity contribution < 1.29 is 14.1 Å². The van der Waals surface area contributed by atoms with Crippen LogP contribution in [-0.2, 0) is 6.61 Å². The summed E-state index contributed by atoms with van der Waals surface area (Å²) in [7, 11) is 0. The minimum atomic E-state index is -0.406. The summed E-state index contributed by atoms with van der Waals surface area (Å²) in [5.41, 5.74) is 4.92. The fourth-order valence-electron chi connectivity index (χ4n) is 3.55. The molecule has 6 heteroatoms. The third-order valence-electron chi connectivity index (χ3n) is 4.80. The molecule has 0 atom stereocenters. The third kappa shape index (κ3) is 3.13. The van der Waals surface area contributed by atoms with E-state index in [0.717, 1.165) is 33.5 Å². The van der Waals surface area contributed by atoms with E-state index in [4.69, 9.17) is 4.74 Å². The van der Waals surface area contributed by atoms with Crippen molar-refractivity contribution in [1.82, 2.24) is 4.98 Å². The van der Waals surface area contributed by atoms with Gasteiger partial charge >= 0.3 is 0 Å². The Hall–Kier alpha value is -3.54. The highest BCUT2D eigenvalue weighted by Crippen LogP contribution is 2.42. The maximum atomic E-state index is 13.8. The highest BCUT2D eigenvalue weighted by molar-refractivity contribution is 6.00. The first kappa shape index (κ1) is 17.9. The molecule has 0 radical (unpaired) electrons. The molecule has 0 bridgehead atoms. The van der Waals surface area contributed by atoms with Crippen LogP contribution in [0.5, 0.6) is 5.75 Å². The van der Waals surface area contributed by atoms with Gasteiger partial charge in [-0.2, -0.15) is 0 Å². The molecule has 0 amide bonds. The molecule has 140 valence electrons. The van der Waals surface area contributed by atoms with Crippen molar-refractivity contribution in [1.29, 1.82) is 0 Å². The highest BCUT2D eigenvalue weighted by Gasteiger charge is 2.24. The van der Waals surface area contributed by atoms with Gasteiger partial charge in [0.1, 0.15) is 18.2 Å². The van der Waals surface area contributed by atoms with E-state index in [1.54, 1.807) is 24.4 Å². The molecule has 0 aliphatic carbocycles. The monoisotopic (exact) mass is 376 g/mol. The summed E-state index contributed by atoms with van der Waals surface area (Å²) in [6.45, 7) is 2.22. The number of hydrogen-bond donors (Lipinski definition) is 0. The van der Waals surface area contributed by atoms with Crippen molar-refractivity contribution in [2.75, 3.05) is 0 Å². The highest BCUT2D eigenvalue weighted by atomic mass is 19.1. The zero-order valence-corrected chi connectivity index (χ0v) is 15.2. The summed E-state index contributed by atoms with van der Waals surface area (Å²) in [4.78, 5) is 15.3. The van der Waals surface area contributed by atoms with Crippen molar-refractivity contribution in [3.63, 3.8) is 0 Å². The Morgan fingerprint density at radius 2 is 2.04 bits per heavy atom. The third-order valence-corrected chi connectivity index (χ3v) is 4.80. The Bertz CT molecular complexity index is 1110. The molecule has 2 heterocycles. The Kier molecular flexibility index (Phi) is 4.61. The lowest BCUT2D eigenvalue weighted by Crippen LogP contribution is -2.00. The number of pyridine rings is 1. The fraction of sp³-hybridized carbons (Fsp3) is 0.136. The van der Waals surface area contributed by atoms with E-state index >= 15 is 0 Å². The molecule has 3 aromatic rings. The van der Waals surface area contributed by atoms with Crippen LogP contribution in [0, 0.1) is 15.9 Å². The van der Waals surface area contributed by atoms with Crippen molar-refractivity contribution in [3.05, 3.63) is 99.1 Å². The lowest BCUT2D eigenvalue weighted by Gasteiger charge is -2.16. The average molecular weight is 376 g/mol. The second kappa shape index (κ2) is 7.23. The van der Waals surface area contributed by atoms with Crippen LogP contribution in [0.3, 0.4) is 0 Å². The fourth-order valence-corrected chi connectivity index (χ4v) is 3.55. The summed E-state index contributed by atoms with van der Waals surface area (Å²) < 4.78 is 19.7. The van der Waals surface area contributed by atoms with Gasteiger partial charge in [0, 0.05) is 35.5 Å². The molecule has 0 N–H and O–H groups in total. The Labute approximate surface area is 161 Å². The number of nitro groups is 1. The van der Waals surface area contributed by atoms with Crippen LogP contribution in [0.15, 0.2) is 60.8 Å². The number of aromatic nitrogens is 1. The molecule has 0 unspecified atom stereocenters. The van der Waals surface area contributed by atoms with Crippen molar-refractivity contribution in [2.45, 2.75) is 20.0 Å². The minimum absolute atomic E-state index is 0.0275. The number of fused-ring (bicyclic) bond motifs is 2. The topological polar surface area (TPSA) is 65.3 Å². The molecule has 5 nitrogen and oxygen atoms in total. The van der Waals surface area contributed by atoms with Gasteiger partial charge in [-0.1, -0.05) is 25.1 Å². The van der Waals surface area contributed by atoms with Crippen LogP contribution >= 0.6 is 0 Å². The lowest BCUT2D eigenvalue weighted by molar-refractivity contribution is -0.384. The van der Waals surface area contributed by atoms with E-state index in [1.807, 2.05) is 25.1 Å². The van der Waals surface area contributed by atoms with Crippen molar-refractivity contribution >= 4 is 16.8 Å². The van der Waals surface area contributed by atoms with Gasteiger partial charge < -0.3 is 4.74 Å². The van der Waals surface area contributed by atoms with Crippen LogP contribution in [0.4, 0.5) is 10.1 Å². The molecule has 0 fully saturated rings. The number of non-ortho nitro benzene ring substituents is 1. The first-order valence-corrected chi connectivity index (χ1v) is 8.93. The first-order valence-electron chi connectivity index (χ1n) is 8.93. The number of halogens is 1. The van der Waals surface area contributed by atoms with Crippen molar-refractivity contribution in [2.24, 2.45) is 0 Å². The molecule has 0 spiro atoms. The smallest absolute Gasteiger partial charge is 0.270 e. The molecular formula is C22H17FN2O3. The normalized spacial score (nSPS) is 14.4. The predicted octanol–water partition coefficient (Wildman–Crippen LogP) is 5.39. The number of nitro benzene ring substituents is 1. The van der Waals surface area contributed by atoms with Gasteiger partial charge in [-0.05, 0) is 41.3 Å². The quantitative estimate of drug-likeness (QED) is 0.454. The van der Waals surface area contributed by atoms with E-state index in [9.17, 15) is 14.5 Å². The first-order chi connectivity index (χ1) is 13.6. The number of nitrogens with zero attached hydrogens (tertiary/aromatic N) is 2. The standard InChI is InChI=1S/C22H17FN2O3/c1-2-17(14-5-3-6-16(11-14)25(26)27)22-18-7-4-10-24-20(18)13-28-21-12-15(23)8-9-19(21)22/h3-12H,2,13H2,1H3/b22-17+. The van der Waals surface area contributed by atoms with E-state index in [0.29, 0.717) is 12.2 Å². The Morgan fingerprint density at radius 3 is 2.82 bits per heavy atom. The van der Waals surface area contributed by atoms with Crippen LogP contribution in [-0.4, -0.2) is 9.91 Å². The number of hydrogen-bond acceptors (Lipinski definition) is 4. The van der Waals surface area contributed by atoms with E-state index in [-0.39, 0.29) is 18.1 Å². The van der Waals surface area contributed by atoms with Crippen LogP contribution in [0.1, 0.15) is 35.7 Å². The summed E-state index contributed by atoms with van der Waals surface area (Å²) in [6, 6.07) is 14.8. The Balaban J connectivity index is 2.05. The summed E-state index contributed by atoms with van der Waals surface area (Å²) in [6.07, 6.45) is 2.32. The number of rotatable bonds is 3. The second-order valence-corrected chi connectivity index (χ2v) is 6.44. The van der Waals surface area contributed by atoms with E-state index in [2.05, 4.69) is 4.98 Å². The number of allylic oxidation sites excluding steroid dienone is 1. The van der Waals surface area contributed by atoms with Crippen LogP contribution < -0.4 is 4.74 Å². The Morgan fingerprint density at radius 1 is 1.18 bits per heavy atom. The van der Waals surface area contributed by atoms with E-state index < -0.39 is 4.92 Å².